The van der Waals surface area contributed by atoms with Crippen LogP contribution >= 0.6 is 0 Å². The maximum absolute atomic E-state index is 10.5. The Morgan fingerprint density at radius 1 is 0.389 bits per heavy atom. The third-order valence-corrected chi connectivity index (χ3v) is 5.74. The van der Waals surface area contributed by atoms with E-state index in [0.717, 1.165) is 22.5 Å². The van der Waals surface area contributed by atoms with E-state index in [1.54, 1.807) is 24.3 Å². The van der Waals surface area contributed by atoms with Crippen LogP contribution in [0.5, 0.6) is 11.5 Å². The minimum atomic E-state index is 0.177. The van der Waals surface area contributed by atoms with Crippen LogP contribution < -0.4 is 0 Å². The Balaban J connectivity index is 1.55. The largest absolute Gasteiger partial charge is 0.507 e. The zero-order valence-electron chi connectivity index (χ0n) is 19.5. The van der Waals surface area contributed by atoms with Crippen molar-refractivity contribution < 1.29 is 10.2 Å². The molecule has 4 heteroatoms. The van der Waals surface area contributed by atoms with Gasteiger partial charge in [0.15, 0.2) is 0 Å². The Labute approximate surface area is 210 Å². The van der Waals surface area contributed by atoms with E-state index in [2.05, 4.69) is 0 Å². The summed E-state index contributed by atoms with van der Waals surface area (Å²) in [6, 6.07) is 41.6. The molecule has 174 valence electrons. The highest BCUT2D eigenvalue weighted by Crippen LogP contribution is 2.28. The molecule has 0 radical (unpaired) electrons. The Morgan fingerprint density at radius 2 is 0.722 bits per heavy atom. The van der Waals surface area contributed by atoms with Crippen LogP contribution in [0.15, 0.2) is 143 Å². The molecule has 0 amide bonds. The Hall–Kier alpha value is -4.96. The Morgan fingerprint density at radius 3 is 1.08 bits per heavy atom. The molecule has 5 rings (SSSR count). The first kappa shape index (κ1) is 22.8. The van der Waals surface area contributed by atoms with Gasteiger partial charge in [0.05, 0.1) is 22.8 Å². The van der Waals surface area contributed by atoms with Crippen LogP contribution in [0.4, 0.5) is 11.4 Å². The number of phenols is 2. The summed E-state index contributed by atoms with van der Waals surface area (Å²) in [5.74, 6) is 0.355. The van der Waals surface area contributed by atoms with Gasteiger partial charge in [-0.05, 0) is 48.5 Å². The first-order chi connectivity index (χ1) is 17.7. The van der Waals surface area contributed by atoms with Crippen LogP contribution in [0.3, 0.4) is 0 Å². The quantitative estimate of drug-likeness (QED) is 0.254. The maximum Gasteiger partial charge on any atom is 0.124 e. The van der Waals surface area contributed by atoms with Crippen molar-refractivity contribution in [2.75, 3.05) is 0 Å². The lowest BCUT2D eigenvalue weighted by Crippen LogP contribution is -2.03. The van der Waals surface area contributed by atoms with Crippen molar-refractivity contribution in [3.05, 3.63) is 156 Å². The fraction of sp³-hybridized carbons (Fsp3) is 0. The highest BCUT2D eigenvalue weighted by Gasteiger charge is 2.13. The molecule has 0 atom stereocenters. The number of para-hydroxylation sites is 2. The summed E-state index contributed by atoms with van der Waals surface area (Å²) >= 11 is 0. The Kier molecular flexibility index (Phi) is 6.68. The summed E-state index contributed by atoms with van der Waals surface area (Å²) in [6.07, 6.45) is 0. The second kappa shape index (κ2) is 10.5. The molecule has 0 heterocycles. The standard InChI is InChI=1S/C32H24N2O2/c35-29-17-9-7-15-27(29)31(23-11-3-1-4-12-23)33-25-19-21-26(22-20-25)34-32(24-13-5-2-6-14-24)28-16-8-10-18-30(28)36/h1-22,35-36H. The molecule has 0 bridgehead atoms. The SMILES string of the molecule is Oc1ccccc1C(=Nc1ccc(N=C(c2ccccc2)c2ccccc2O)cc1)c1ccccc1. The molecule has 0 aliphatic carbocycles. The van der Waals surface area contributed by atoms with E-state index in [1.807, 2.05) is 109 Å². The molecule has 0 aliphatic heterocycles. The molecule has 36 heavy (non-hydrogen) atoms. The predicted octanol–water partition coefficient (Wildman–Crippen LogP) is 7.44. The normalized spacial score (nSPS) is 11.9. The van der Waals surface area contributed by atoms with Gasteiger partial charge < -0.3 is 10.2 Å². The van der Waals surface area contributed by atoms with E-state index in [-0.39, 0.29) is 11.5 Å². The lowest BCUT2D eigenvalue weighted by Gasteiger charge is -2.11. The first-order valence-electron chi connectivity index (χ1n) is 11.6. The number of rotatable bonds is 6. The second-order valence-electron chi connectivity index (χ2n) is 8.20. The number of hydrogen-bond donors (Lipinski definition) is 2. The van der Waals surface area contributed by atoms with Gasteiger partial charge in [-0.15, -0.1) is 0 Å². The zero-order chi connectivity index (χ0) is 24.7. The first-order valence-corrected chi connectivity index (χ1v) is 11.6. The predicted molar refractivity (Wildman–Crippen MR) is 146 cm³/mol. The second-order valence-corrected chi connectivity index (χ2v) is 8.20. The molecule has 0 spiro atoms. The highest BCUT2D eigenvalue weighted by molar-refractivity contribution is 6.16. The fourth-order valence-electron chi connectivity index (χ4n) is 3.96. The van der Waals surface area contributed by atoms with Gasteiger partial charge in [-0.3, -0.25) is 0 Å². The third-order valence-electron chi connectivity index (χ3n) is 5.74. The molecule has 2 N–H and O–H groups in total. The molecular weight excluding hydrogens is 444 g/mol. The topological polar surface area (TPSA) is 65.2 Å². The van der Waals surface area contributed by atoms with Gasteiger partial charge in [-0.2, -0.15) is 0 Å². The average Bonchev–Trinajstić information content (AvgIpc) is 2.93. The molecule has 0 fully saturated rings. The van der Waals surface area contributed by atoms with E-state index in [1.165, 1.54) is 0 Å². The summed E-state index contributed by atoms with van der Waals surface area (Å²) in [4.78, 5) is 9.76. The number of aliphatic imine (C=N–C) groups is 2. The number of phenolic OH excluding ortho intramolecular Hbond substituents is 2. The minimum Gasteiger partial charge on any atom is -0.507 e. The summed E-state index contributed by atoms with van der Waals surface area (Å²) in [5.41, 5.74) is 5.99. The molecule has 5 aromatic rings. The van der Waals surface area contributed by atoms with Crippen molar-refractivity contribution in [3.63, 3.8) is 0 Å². The van der Waals surface area contributed by atoms with Crippen LogP contribution in [0.25, 0.3) is 0 Å². The molecule has 0 saturated carbocycles. The van der Waals surface area contributed by atoms with Crippen LogP contribution in [-0.4, -0.2) is 21.6 Å². The zero-order valence-corrected chi connectivity index (χ0v) is 19.5. The smallest absolute Gasteiger partial charge is 0.124 e. The van der Waals surface area contributed by atoms with Crippen molar-refractivity contribution in [3.8, 4) is 11.5 Å². The van der Waals surface area contributed by atoms with Crippen LogP contribution in [0.1, 0.15) is 22.3 Å². The number of nitrogens with zero attached hydrogens (tertiary/aromatic N) is 2. The number of aromatic hydroxyl groups is 2. The molecule has 4 nitrogen and oxygen atoms in total. The summed E-state index contributed by atoms with van der Waals surface area (Å²) in [7, 11) is 0. The van der Waals surface area contributed by atoms with Crippen molar-refractivity contribution in [1.29, 1.82) is 0 Å². The minimum absolute atomic E-state index is 0.177. The van der Waals surface area contributed by atoms with E-state index in [0.29, 0.717) is 22.6 Å². The third kappa shape index (κ3) is 5.08. The maximum atomic E-state index is 10.5. The van der Waals surface area contributed by atoms with Gasteiger partial charge in [0.25, 0.3) is 0 Å². The van der Waals surface area contributed by atoms with Gasteiger partial charge in [0, 0.05) is 22.3 Å². The molecule has 5 aromatic carbocycles. The number of benzene rings is 5. The molecular formula is C32H24N2O2. The van der Waals surface area contributed by atoms with E-state index in [4.69, 9.17) is 9.98 Å². The fourth-order valence-corrected chi connectivity index (χ4v) is 3.96. The lowest BCUT2D eigenvalue weighted by atomic mass is 10.0. The van der Waals surface area contributed by atoms with Crippen LogP contribution in [0, 0.1) is 0 Å². The van der Waals surface area contributed by atoms with Crippen molar-refractivity contribution in [2.45, 2.75) is 0 Å². The molecule has 0 aliphatic rings. The van der Waals surface area contributed by atoms with E-state index in [9.17, 15) is 10.2 Å². The monoisotopic (exact) mass is 468 g/mol. The van der Waals surface area contributed by atoms with Gasteiger partial charge in [-0.1, -0.05) is 84.9 Å². The highest BCUT2D eigenvalue weighted by atomic mass is 16.3. The summed E-state index contributed by atoms with van der Waals surface area (Å²) in [6.45, 7) is 0. The average molecular weight is 469 g/mol. The van der Waals surface area contributed by atoms with E-state index < -0.39 is 0 Å². The molecule has 0 saturated heterocycles. The van der Waals surface area contributed by atoms with E-state index >= 15 is 0 Å². The molecule has 0 unspecified atom stereocenters. The Bertz CT molecular complexity index is 1410. The van der Waals surface area contributed by atoms with Crippen LogP contribution in [0.2, 0.25) is 0 Å². The van der Waals surface area contributed by atoms with Gasteiger partial charge >= 0.3 is 0 Å². The van der Waals surface area contributed by atoms with Crippen molar-refractivity contribution in [1.82, 2.24) is 0 Å². The van der Waals surface area contributed by atoms with Gasteiger partial charge in [-0.25, -0.2) is 9.98 Å². The van der Waals surface area contributed by atoms with Crippen molar-refractivity contribution >= 4 is 22.8 Å². The number of hydrogen-bond acceptors (Lipinski definition) is 4. The molecule has 0 aromatic heterocycles. The van der Waals surface area contributed by atoms with Crippen LogP contribution in [-0.2, 0) is 0 Å². The van der Waals surface area contributed by atoms with Crippen molar-refractivity contribution in [2.24, 2.45) is 9.98 Å². The van der Waals surface area contributed by atoms with Gasteiger partial charge in [0.1, 0.15) is 11.5 Å². The lowest BCUT2D eigenvalue weighted by molar-refractivity contribution is 0.473. The summed E-state index contributed by atoms with van der Waals surface area (Å²) in [5, 5.41) is 21.0. The van der Waals surface area contributed by atoms with Gasteiger partial charge in [0.2, 0.25) is 0 Å². The summed E-state index contributed by atoms with van der Waals surface area (Å²) < 4.78 is 0.